The fourth-order valence-corrected chi connectivity index (χ4v) is 0.648. The number of hydrogen-bond donors (Lipinski definition) is 5. The standard InChI is InChI=1S/C7H13N5O3/c1-2-15-7(14)5(10)3(8)4(9)6(13)12-11/h10H,2,8-9,11H2,1H3,(H,12,13)/b4-3+,10-5?. The lowest BCUT2D eigenvalue weighted by atomic mass is 10.2. The normalized spacial score (nSPS) is 11.3. The van der Waals surface area contributed by atoms with Gasteiger partial charge in [0.25, 0.3) is 5.91 Å². The number of carbonyl (C=O) groups is 2. The largest absolute Gasteiger partial charge is 0.461 e. The molecule has 0 radical (unpaired) electrons. The summed E-state index contributed by atoms with van der Waals surface area (Å²) in [6, 6.07) is 0. The van der Waals surface area contributed by atoms with Crippen molar-refractivity contribution in [3.8, 4) is 0 Å². The molecule has 0 aromatic rings. The fourth-order valence-electron chi connectivity index (χ4n) is 0.648. The van der Waals surface area contributed by atoms with Crippen molar-refractivity contribution in [1.82, 2.24) is 5.43 Å². The van der Waals surface area contributed by atoms with Gasteiger partial charge in [-0.3, -0.25) is 15.6 Å². The fraction of sp³-hybridized carbons (Fsp3) is 0.286. The van der Waals surface area contributed by atoms with Crippen molar-refractivity contribution in [2.45, 2.75) is 6.92 Å². The molecule has 0 bridgehead atoms. The van der Waals surface area contributed by atoms with Gasteiger partial charge in [-0.2, -0.15) is 0 Å². The second-order valence-electron chi connectivity index (χ2n) is 2.40. The molecule has 0 spiro atoms. The Bertz CT molecular complexity index is 323. The first-order chi connectivity index (χ1) is 6.95. The number of hydrogen-bond acceptors (Lipinski definition) is 7. The van der Waals surface area contributed by atoms with Crippen LogP contribution in [0.3, 0.4) is 0 Å². The molecule has 0 aliphatic carbocycles. The lowest BCUT2D eigenvalue weighted by molar-refractivity contribution is -0.135. The van der Waals surface area contributed by atoms with Gasteiger partial charge >= 0.3 is 5.97 Å². The molecule has 0 heterocycles. The number of esters is 1. The van der Waals surface area contributed by atoms with Crippen molar-refractivity contribution in [3.05, 3.63) is 11.4 Å². The summed E-state index contributed by atoms with van der Waals surface area (Å²) >= 11 is 0. The topological polar surface area (TPSA) is 157 Å². The first kappa shape index (κ1) is 12.9. The van der Waals surface area contributed by atoms with E-state index in [4.69, 9.17) is 22.7 Å². The molecule has 0 aromatic carbocycles. The zero-order valence-corrected chi connectivity index (χ0v) is 8.16. The van der Waals surface area contributed by atoms with Crippen LogP contribution in [0.25, 0.3) is 0 Å². The summed E-state index contributed by atoms with van der Waals surface area (Å²) in [6.45, 7) is 1.67. The van der Waals surface area contributed by atoms with Crippen molar-refractivity contribution in [1.29, 1.82) is 5.41 Å². The molecule has 0 aromatic heterocycles. The number of amides is 1. The van der Waals surface area contributed by atoms with E-state index >= 15 is 0 Å². The zero-order valence-electron chi connectivity index (χ0n) is 8.16. The minimum absolute atomic E-state index is 0.0947. The van der Waals surface area contributed by atoms with Gasteiger partial charge in [-0.05, 0) is 6.92 Å². The Morgan fingerprint density at radius 1 is 1.33 bits per heavy atom. The average Bonchev–Trinajstić information content (AvgIpc) is 2.25. The quantitative estimate of drug-likeness (QED) is 0.0884. The Hall–Kier alpha value is -2.09. The van der Waals surface area contributed by atoms with Crippen molar-refractivity contribution in [3.63, 3.8) is 0 Å². The van der Waals surface area contributed by atoms with E-state index < -0.39 is 29.0 Å². The van der Waals surface area contributed by atoms with Gasteiger partial charge in [0.15, 0.2) is 5.71 Å². The van der Waals surface area contributed by atoms with Gasteiger partial charge in [-0.25, -0.2) is 10.6 Å². The highest BCUT2D eigenvalue weighted by molar-refractivity contribution is 6.42. The Labute approximate surface area is 85.9 Å². The lowest BCUT2D eigenvalue weighted by Gasteiger charge is -2.06. The van der Waals surface area contributed by atoms with Gasteiger partial charge in [-0.1, -0.05) is 0 Å². The maximum Gasteiger partial charge on any atom is 0.358 e. The third-order valence-electron chi connectivity index (χ3n) is 1.41. The number of ether oxygens (including phenoxy) is 1. The molecule has 1 amide bonds. The molecule has 0 saturated carbocycles. The summed E-state index contributed by atoms with van der Waals surface area (Å²) in [5, 5.41) is 7.24. The highest BCUT2D eigenvalue weighted by Crippen LogP contribution is 1.96. The minimum Gasteiger partial charge on any atom is -0.461 e. The SMILES string of the molecule is CCOC(=O)C(=N)/C(N)=C(\N)C(=O)NN. The van der Waals surface area contributed by atoms with Crippen molar-refractivity contribution in [2.75, 3.05) is 6.61 Å². The molecular formula is C7H13N5O3. The number of rotatable bonds is 4. The monoisotopic (exact) mass is 215 g/mol. The first-order valence-corrected chi connectivity index (χ1v) is 3.97. The van der Waals surface area contributed by atoms with Crippen LogP contribution in [-0.2, 0) is 14.3 Å². The second kappa shape index (κ2) is 5.60. The van der Waals surface area contributed by atoms with Gasteiger partial charge < -0.3 is 16.2 Å². The van der Waals surface area contributed by atoms with Gasteiger partial charge in [0.2, 0.25) is 0 Å². The van der Waals surface area contributed by atoms with Crippen LogP contribution in [0.2, 0.25) is 0 Å². The van der Waals surface area contributed by atoms with Crippen LogP contribution in [-0.4, -0.2) is 24.2 Å². The maximum atomic E-state index is 11.0. The van der Waals surface area contributed by atoms with Crippen molar-refractivity contribution in [2.24, 2.45) is 17.3 Å². The molecule has 8 heteroatoms. The van der Waals surface area contributed by atoms with Crippen LogP contribution in [0.1, 0.15) is 6.92 Å². The van der Waals surface area contributed by atoms with E-state index in [2.05, 4.69) is 4.74 Å². The number of hydrazine groups is 1. The first-order valence-electron chi connectivity index (χ1n) is 3.97. The Morgan fingerprint density at radius 3 is 2.27 bits per heavy atom. The van der Waals surface area contributed by atoms with Gasteiger partial charge in [0, 0.05) is 0 Å². The number of nitrogens with two attached hydrogens (primary N) is 3. The minimum atomic E-state index is -0.956. The van der Waals surface area contributed by atoms with E-state index in [1.165, 1.54) is 0 Å². The molecule has 0 fully saturated rings. The maximum absolute atomic E-state index is 11.0. The highest BCUT2D eigenvalue weighted by atomic mass is 16.5. The third kappa shape index (κ3) is 3.27. The van der Waals surface area contributed by atoms with Crippen LogP contribution in [0, 0.1) is 5.41 Å². The van der Waals surface area contributed by atoms with Crippen LogP contribution < -0.4 is 22.7 Å². The summed E-state index contributed by atoms with van der Waals surface area (Å²) in [6.07, 6.45) is 0. The Balaban J connectivity index is 4.83. The molecule has 84 valence electrons. The van der Waals surface area contributed by atoms with Crippen LogP contribution in [0.4, 0.5) is 0 Å². The molecule has 0 aliphatic heterocycles. The summed E-state index contributed by atoms with van der Waals surface area (Å²) in [7, 11) is 0. The number of nitrogens with one attached hydrogen (secondary N) is 2. The van der Waals surface area contributed by atoms with Crippen LogP contribution >= 0.6 is 0 Å². The van der Waals surface area contributed by atoms with E-state index in [0.717, 1.165) is 0 Å². The summed E-state index contributed by atoms with van der Waals surface area (Å²) < 4.78 is 4.49. The summed E-state index contributed by atoms with van der Waals surface area (Å²) in [4.78, 5) is 21.9. The molecular weight excluding hydrogens is 202 g/mol. The van der Waals surface area contributed by atoms with E-state index in [1.807, 2.05) is 0 Å². The molecule has 0 aliphatic rings. The third-order valence-corrected chi connectivity index (χ3v) is 1.41. The van der Waals surface area contributed by atoms with Crippen LogP contribution in [0.5, 0.6) is 0 Å². The molecule has 0 unspecified atom stereocenters. The van der Waals surface area contributed by atoms with E-state index in [0.29, 0.717) is 0 Å². The Kier molecular flexibility index (Phi) is 4.82. The summed E-state index contributed by atoms with van der Waals surface area (Å²) in [5.74, 6) is 2.96. The molecule has 15 heavy (non-hydrogen) atoms. The highest BCUT2D eigenvalue weighted by Gasteiger charge is 2.18. The molecule has 0 atom stereocenters. The van der Waals surface area contributed by atoms with E-state index in [9.17, 15) is 9.59 Å². The molecule has 0 rings (SSSR count). The van der Waals surface area contributed by atoms with Gasteiger partial charge in [0.05, 0.1) is 12.3 Å². The van der Waals surface area contributed by atoms with Crippen molar-refractivity contribution >= 4 is 17.6 Å². The molecule has 8 nitrogen and oxygen atoms in total. The van der Waals surface area contributed by atoms with E-state index in [1.54, 1.807) is 12.3 Å². The predicted molar refractivity (Wildman–Crippen MR) is 52.1 cm³/mol. The molecule has 0 saturated heterocycles. The lowest BCUT2D eigenvalue weighted by Crippen LogP contribution is -2.38. The average molecular weight is 215 g/mol. The molecule has 8 N–H and O–H groups in total. The zero-order chi connectivity index (χ0) is 12.0. The van der Waals surface area contributed by atoms with Gasteiger partial charge in [-0.15, -0.1) is 0 Å². The Morgan fingerprint density at radius 2 is 1.87 bits per heavy atom. The summed E-state index contributed by atoms with van der Waals surface area (Å²) in [5.41, 5.74) is 10.6. The second-order valence-corrected chi connectivity index (χ2v) is 2.40. The van der Waals surface area contributed by atoms with Crippen molar-refractivity contribution < 1.29 is 14.3 Å². The predicted octanol–water partition coefficient (Wildman–Crippen LogP) is -2.31. The van der Waals surface area contributed by atoms with Crippen LogP contribution in [0.15, 0.2) is 11.4 Å². The van der Waals surface area contributed by atoms with Gasteiger partial charge in [0.1, 0.15) is 5.70 Å². The number of carbonyl (C=O) groups excluding carboxylic acids is 2. The smallest absolute Gasteiger partial charge is 0.358 e. The van der Waals surface area contributed by atoms with E-state index in [-0.39, 0.29) is 6.61 Å².